The topological polar surface area (TPSA) is 59.6 Å². The van der Waals surface area contributed by atoms with Crippen LogP contribution in [0.1, 0.15) is 6.92 Å². The van der Waals surface area contributed by atoms with E-state index in [-0.39, 0.29) is 12.1 Å². The van der Waals surface area contributed by atoms with Gasteiger partial charge >= 0.3 is 6.03 Å². The normalized spacial score (nSPS) is 11.4. The highest BCUT2D eigenvalue weighted by Gasteiger charge is 2.08. The molecule has 0 saturated heterocycles. The fourth-order valence-corrected chi connectivity index (χ4v) is 1.85. The van der Waals surface area contributed by atoms with E-state index in [0.29, 0.717) is 6.61 Å². The highest BCUT2D eigenvalue weighted by atomic mass is 16.5. The number of rotatable bonds is 6. The van der Waals surface area contributed by atoms with Gasteiger partial charge in [-0.15, -0.1) is 0 Å². The van der Waals surface area contributed by atoms with Gasteiger partial charge in [-0.1, -0.05) is 18.2 Å². The summed E-state index contributed by atoms with van der Waals surface area (Å²) in [5.41, 5.74) is 0.753. The van der Waals surface area contributed by atoms with E-state index in [1.165, 1.54) is 0 Å². The maximum absolute atomic E-state index is 11.8. The third-order valence-electron chi connectivity index (χ3n) is 2.97. The van der Waals surface area contributed by atoms with E-state index in [0.717, 1.165) is 17.2 Å². The SMILES string of the molecule is COc1ccc(OC[C@@H](C)NC(=O)Nc2ccccc2)cc1. The van der Waals surface area contributed by atoms with E-state index < -0.39 is 0 Å². The quantitative estimate of drug-likeness (QED) is 0.860. The summed E-state index contributed by atoms with van der Waals surface area (Å²) >= 11 is 0. The standard InChI is InChI=1S/C17H20N2O3/c1-13(12-22-16-10-8-15(21-2)9-11-16)18-17(20)19-14-6-4-3-5-7-14/h3-11,13H,12H2,1-2H3,(H2,18,19,20)/t13-/m1/s1. The predicted molar refractivity (Wildman–Crippen MR) is 86.5 cm³/mol. The molecular weight excluding hydrogens is 280 g/mol. The molecule has 0 aliphatic rings. The molecule has 22 heavy (non-hydrogen) atoms. The predicted octanol–water partition coefficient (Wildman–Crippen LogP) is 3.28. The number of anilines is 1. The maximum atomic E-state index is 11.8. The lowest BCUT2D eigenvalue weighted by Gasteiger charge is -2.15. The van der Waals surface area contributed by atoms with Gasteiger partial charge in [0.2, 0.25) is 0 Å². The van der Waals surface area contributed by atoms with Crippen molar-refractivity contribution < 1.29 is 14.3 Å². The number of methoxy groups -OCH3 is 1. The van der Waals surface area contributed by atoms with E-state index in [4.69, 9.17) is 9.47 Å². The molecule has 0 unspecified atom stereocenters. The largest absolute Gasteiger partial charge is 0.497 e. The van der Waals surface area contributed by atoms with E-state index in [9.17, 15) is 4.79 Å². The Hall–Kier alpha value is -2.69. The Morgan fingerprint density at radius 1 is 1.05 bits per heavy atom. The second-order valence-corrected chi connectivity index (χ2v) is 4.85. The summed E-state index contributed by atoms with van der Waals surface area (Å²) in [6.07, 6.45) is 0. The van der Waals surface area contributed by atoms with Crippen molar-refractivity contribution in [2.75, 3.05) is 19.0 Å². The van der Waals surface area contributed by atoms with Crippen LogP contribution in [0.2, 0.25) is 0 Å². The summed E-state index contributed by atoms with van der Waals surface area (Å²) in [6.45, 7) is 2.27. The number of urea groups is 1. The van der Waals surface area contributed by atoms with Crippen molar-refractivity contribution in [3.63, 3.8) is 0 Å². The number of amides is 2. The van der Waals surface area contributed by atoms with Crippen molar-refractivity contribution in [1.82, 2.24) is 5.32 Å². The van der Waals surface area contributed by atoms with Crippen molar-refractivity contribution in [3.05, 3.63) is 54.6 Å². The molecule has 0 radical (unpaired) electrons. The van der Waals surface area contributed by atoms with Crippen LogP contribution in [0.25, 0.3) is 0 Å². The van der Waals surface area contributed by atoms with Crippen molar-refractivity contribution in [1.29, 1.82) is 0 Å². The minimum absolute atomic E-state index is 0.120. The molecule has 0 saturated carbocycles. The van der Waals surface area contributed by atoms with E-state index in [1.807, 2.05) is 61.5 Å². The Morgan fingerprint density at radius 2 is 1.68 bits per heavy atom. The second kappa shape index (κ2) is 7.93. The fraction of sp³-hybridized carbons (Fsp3) is 0.235. The molecule has 116 valence electrons. The Kier molecular flexibility index (Phi) is 5.65. The minimum Gasteiger partial charge on any atom is -0.497 e. The number of carbonyl (C=O) groups is 1. The molecule has 0 spiro atoms. The van der Waals surface area contributed by atoms with Crippen LogP contribution in [-0.4, -0.2) is 25.8 Å². The molecule has 2 rings (SSSR count). The zero-order valence-corrected chi connectivity index (χ0v) is 12.7. The number of ether oxygens (including phenoxy) is 2. The zero-order chi connectivity index (χ0) is 15.8. The molecule has 0 aliphatic carbocycles. The molecule has 0 bridgehead atoms. The van der Waals surface area contributed by atoms with Crippen LogP contribution in [0.4, 0.5) is 10.5 Å². The highest BCUT2D eigenvalue weighted by Crippen LogP contribution is 2.17. The van der Waals surface area contributed by atoms with Crippen LogP contribution >= 0.6 is 0 Å². The number of hydrogen-bond acceptors (Lipinski definition) is 3. The highest BCUT2D eigenvalue weighted by molar-refractivity contribution is 5.89. The van der Waals surface area contributed by atoms with Crippen LogP contribution in [0, 0.1) is 0 Å². The number of para-hydroxylation sites is 1. The molecule has 0 fully saturated rings. The summed E-state index contributed by atoms with van der Waals surface area (Å²) in [5, 5.41) is 5.59. The molecular formula is C17H20N2O3. The first-order valence-corrected chi connectivity index (χ1v) is 7.07. The molecule has 5 heteroatoms. The first kappa shape index (κ1) is 15.7. The Morgan fingerprint density at radius 3 is 2.32 bits per heavy atom. The lowest BCUT2D eigenvalue weighted by Crippen LogP contribution is -2.39. The number of carbonyl (C=O) groups excluding carboxylic acids is 1. The van der Waals surface area contributed by atoms with Gasteiger partial charge in [0.15, 0.2) is 0 Å². The zero-order valence-electron chi connectivity index (χ0n) is 12.7. The number of benzene rings is 2. The van der Waals surface area contributed by atoms with Gasteiger partial charge in [0.1, 0.15) is 18.1 Å². The molecule has 2 amide bonds. The van der Waals surface area contributed by atoms with Crippen molar-refractivity contribution in [2.45, 2.75) is 13.0 Å². The lowest BCUT2D eigenvalue weighted by atomic mass is 10.3. The Labute approximate surface area is 130 Å². The molecule has 2 N–H and O–H groups in total. The van der Waals surface area contributed by atoms with Gasteiger partial charge in [-0.3, -0.25) is 0 Å². The van der Waals surface area contributed by atoms with Gasteiger partial charge in [-0.25, -0.2) is 4.79 Å². The Bertz CT molecular complexity index is 585. The van der Waals surface area contributed by atoms with Gasteiger partial charge in [0.05, 0.1) is 13.2 Å². The van der Waals surface area contributed by atoms with Crippen molar-refractivity contribution in [2.24, 2.45) is 0 Å². The first-order chi connectivity index (χ1) is 10.7. The maximum Gasteiger partial charge on any atom is 0.319 e. The van der Waals surface area contributed by atoms with Crippen LogP contribution in [-0.2, 0) is 0 Å². The third kappa shape index (κ3) is 5.01. The number of hydrogen-bond donors (Lipinski definition) is 2. The smallest absolute Gasteiger partial charge is 0.319 e. The lowest BCUT2D eigenvalue weighted by molar-refractivity contribution is 0.236. The van der Waals surface area contributed by atoms with E-state index in [2.05, 4.69) is 10.6 Å². The minimum atomic E-state index is -0.253. The van der Waals surface area contributed by atoms with Crippen LogP contribution < -0.4 is 20.1 Å². The molecule has 2 aromatic rings. The Balaban J connectivity index is 1.74. The molecule has 1 atom stereocenters. The van der Waals surface area contributed by atoms with Crippen molar-refractivity contribution >= 4 is 11.7 Å². The third-order valence-corrected chi connectivity index (χ3v) is 2.97. The average molecular weight is 300 g/mol. The fourth-order valence-electron chi connectivity index (χ4n) is 1.85. The van der Waals surface area contributed by atoms with Crippen LogP contribution in [0.3, 0.4) is 0 Å². The van der Waals surface area contributed by atoms with Crippen LogP contribution in [0.15, 0.2) is 54.6 Å². The summed E-state index contributed by atoms with van der Waals surface area (Å²) in [5.74, 6) is 1.51. The van der Waals surface area contributed by atoms with Gasteiger partial charge < -0.3 is 20.1 Å². The van der Waals surface area contributed by atoms with E-state index in [1.54, 1.807) is 7.11 Å². The number of nitrogens with one attached hydrogen (secondary N) is 2. The van der Waals surface area contributed by atoms with Gasteiger partial charge in [0, 0.05) is 5.69 Å². The average Bonchev–Trinajstić information content (AvgIpc) is 2.54. The van der Waals surface area contributed by atoms with Crippen molar-refractivity contribution in [3.8, 4) is 11.5 Å². The summed E-state index contributed by atoms with van der Waals surface area (Å²) < 4.78 is 10.7. The van der Waals surface area contributed by atoms with Crippen LogP contribution in [0.5, 0.6) is 11.5 Å². The van der Waals surface area contributed by atoms with Gasteiger partial charge in [-0.2, -0.15) is 0 Å². The summed E-state index contributed by atoms with van der Waals surface area (Å²) in [6, 6.07) is 16.2. The van der Waals surface area contributed by atoms with Gasteiger partial charge in [-0.05, 0) is 43.3 Å². The molecule has 2 aromatic carbocycles. The second-order valence-electron chi connectivity index (χ2n) is 4.85. The molecule has 5 nitrogen and oxygen atoms in total. The van der Waals surface area contributed by atoms with Gasteiger partial charge in [0.25, 0.3) is 0 Å². The molecule has 0 aromatic heterocycles. The molecule has 0 aliphatic heterocycles. The molecule has 0 heterocycles. The monoisotopic (exact) mass is 300 g/mol. The first-order valence-electron chi connectivity index (χ1n) is 7.07. The van der Waals surface area contributed by atoms with E-state index >= 15 is 0 Å². The summed E-state index contributed by atoms with van der Waals surface area (Å²) in [7, 11) is 1.62. The summed E-state index contributed by atoms with van der Waals surface area (Å²) in [4.78, 5) is 11.8.